The molecule has 0 aliphatic carbocycles. The Bertz CT molecular complexity index is 806. The van der Waals surface area contributed by atoms with Crippen molar-refractivity contribution >= 4 is 29.5 Å². The minimum absolute atomic E-state index is 0.0837. The maximum absolute atomic E-state index is 12.8. The molecule has 1 aliphatic heterocycles. The van der Waals surface area contributed by atoms with Crippen LogP contribution in [-0.2, 0) is 20.1 Å². The van der Waals surface area contributed by atoms with Crippen molar-refractivity contribution in [2.75, 3.05) is 12.3 Å². The van der Waals surface area contributed by atoms with Gasteiger partial charge in [0.2, 0.25) is 17.7 Å². The summed E-state index contributed by atoms with van der Waals surface area (Å²) in [6.45, 7) is 4.39. The van der Waals surface area contributed by atoms with Gasteiger partial charge in [-0.2, -0.15) is 11.8 Å². The van der Waals surface area contributed by atoms with Gasteiger partial charge < -0.3 is 21.1 Å². The minimum Gasteiger partial charge on any atom is -0.390 e. The molecule has 3 atom stereocenters. The first kappa shape index (κ1) is 31.2. The van der Waals surface area contributed by atoms with Crippen molar-refractivity contribution in [2.24, 2.45) is 5.92 Å². The van der Waals surface area contributed by atoms with E-state index >= 15 is 0 Å². The van der Waals surface area contributed by atoms with Gasteiger partial charge in [-0.1, -0.05) is 89.1 Å². The van der Waals surface area contributed by atoms with Gasteiger partial charge in [-0.05, 0) is 24.3 Å². The molecular weight excluding hydrogens is 486 g/mol. The van der Waals surface area contributed by atoms with Crippen LogP contribution in [0.15, 0.2) is 30.3 Å². The Morgan fingerprint density at radius 1 is 0.865 bits per heavy atom. The van der Waals surface area contributed by atoms with E-state index in [1.54, 1.807) is 11.8 Å². The second kappa shape index (κ2) is 18.2. The molecule has 1 heterocycles. The smallest absolute Gasteiger partial charge is 0.242 e. The summed E-state index contributed by atoms with van der Waals surface area (Å²) in [6, 6.07) is 8.82. The largest absolute Gasteiger partial charge is 0.390 e. The SMILES string of the molecule is CC(C)[C@@H]1NC(=O)C[C@H](O)[C@H](CSCc2ccccc2)NC(=O)CCCCCCCCCCCNC1=O. The molecule has 1 fully saturated rings. The highest BCUT2D eigenvalue weighted by molar-refractivity contribution is 7.98. The predicted molar refractivity (Wildman–Crippen MR) is 151 cm³/mol. The van der Waals surface area contributed by atoms with Crippen LogP contribution >= 0.6 is 11.8 Å². The third-order valence-corrected chi connectivity index (χ3v) is 7.89. The normalized spacial score (nSPS) is 24.4. The highest BCUT2D eigenvalue weighted by atomic mass is 32.2. The molecule has 0 aromatic heterocycles. The average Bonchev–Trinajstić information content (AvgIpc) is 2.87. The summed E-state index contributed by atoms with van der Waals surface area (Å²) < 4.78 is 0. The van der Waals surface area contributed by atoms with Crippen LogP contribution in [0.25, 0.3) is 0 Å². The predicted octanol–water partition coefficient (Wildman–Crippen LogP) is 4.33. The number of nitrogens with one attached hydrogen (secondary N) is 3. The zero-order valence-corrected chi connectivity index (χ0v) is 23.5. The van der Waals surface area contributed by atoms with Gasteiger partial charge in [0.05, 0.1) is 18.6 Å². The molecule has 1 aromatic carbocycles. The van der Waals surface area contributed by atoms with Crippen LogP contribution in [0.4, 0.5) is 0 Å². The number of amides is 3. The summed E-state index contributed by atoms with van der Waals surface area (Å²) in [6.07, 6.45) is 8.92. The zero-order valence-electron chi connectivity index (χ0n) is 22.7. The van der Waals surface area contributed by atoms with Crippen LogP contribution in [0, 0.1) is 5.92 Å². The van der Waals surface area contributed by atoms with E-state index in [0.717, 1.165) is 44.3 Å². The van der Waals surface area contributed by atoms with Gasteiger partial charge in [0, 0.05) is 24.5 Å². The summed E-state index contributed by atoms with van der Waals surface area (Å²) in [5.41, 5.74) is 1.17. The molecule has 0 radical (unpaired) electrons. The lowest BCUT2D eigenvalue weighted by Crippen LogP contribution is -2.52. The number of benzene rings is 1. The van der Waals surface area contributed by atoms with E-state index < -0.39 is 18.2 Å². The fraction of sp³-hybridized carbons (Fsp3) is 0.690. The van der Waals surface area contributed by atoms with Gasteiger partial charge in [-0.25, -0.2) is 0 Å². The quantitative estimate of drug-likeness (QED) is 0.451. The van der Waals surface area contributed by atoms with Gasteiger partial charge in [-0.3, -0.25) is 14.4 Å². The Morgan fingerprint density at radius 2 is 1.49 bits per heavy atom. The van der Waals surface area contributed by atoms with Gasteiger partial charge in [0.15, 0.2) is 0 Å². The lowest BCUT2D eigenvalue weighted by Gasteiger charge is -2.26. The topological polar surface area (TPSA) is 108 Å². The van der Waals surface area contributed by atoms with E-state index in [1.807, 2.05) is 44.2 Å². The third-order valence-electron chi connectivity index (χ3n) is 6.76. The summed E-state index contributed by atoms with van der Waals surface area (Å²) in [4.78, 5) is 38.2. The van der Waals surface area contributed by atoms with Crippen LogP contribution in [0.5, 0.6) is 0 Å². The lowest BCUT2D eigenvalue weighted by atomic mass is 10.0. The second-order valence-corrected chi connectivity index (χ2v) is 11.5. The highest BCUT2D eigenvalue weighted by Crippen LogP contribution is 2.16. The van der Waals surface area contributed by atoms with Gasteiger partial charge in [0.1, 0.15) is 6.04 Å². The van der Waals surface area contributed by atoms with Crippen molar-refractivity contribution in [1.29, 1.82) is 0 Å². The number of hydrogen-bond donors (Lipinski definition) is 4. The monoisotopic (exact) mass is 533 g/mol. The van der Waals surface area contributed by atoms with Crippen LogP contribution in [0.3, 0.4) is 0 Å². The first-order chi connectivity index (χ1) is 17.9. The zero-order chi connectivity index (χ0) is 26.9. The van der Waals surface area contributed by atoms with Gasteiger partial charge in [0.25, 0.3) is 0 Å². The molecule has 0 saturated carbocycles. The summed E-state index contributed by atoms with van der Waals surface area (Å²) >= 11 is 1.62. The van der Waals surface area contributed by atoms with E-state index in [0.29, 0.717) is 18.7 Å². The first-order valence-electron chi connectivity index (χ1n) is 14.0. The number of carbonyl (C=O) groups is 3. The molecule has 0 unspecified atom stereocenters. The van der Waals surface area contributed by atoms with Crippen LogP contribution in [-0.4, -0.2) is 53.3 Å². The number of hydrogen-bond acceptors (Lipinski definition) is 5. The van der Waals surface area contributed by atoms with Crippen molar-refractivity contribution in [3.05, 3.63) is 35.9 Å². The molecule has 2 rings (SSSR count). The summed E-state index contributed by atoms with van der Waals surface area (Å²) in [5, 5.41) is 19.7. The molecule has 8 heteroatoms. The fourth-order valence-electron chi connectivity index (χ4n) is 4.47. The Morgan fingerprint density at radius 3 is 2.14 bits per heavy atom. The van der Waals surface area contributed by atoms with Crippen molar-refractivity contribution in [2.45, 2.75) is 108 Å². The molecule has 1 saturated heterocycles. The molecule has 0 spiro atoms. The first-order valence-corrected chi connectivity index (χ1v) is 15.2. The third kappa shape index (κ3) is 13.3. The van der Waals surface area contributed by atoms with E-state index in [-0.39, 0.29) is 30.1 Å². The molecular formula is C29H47N3O4S. The maximum atomic E-state index is 12.8. The molecule has 37 heavy (non-hydrogen) atoms. The van der Waals surface area contributed by atoms with Crippen molar-refractivity contribution < 1.29 is 19.5 Å². The fourth-order valence-corrected chi connectivity index (χ4v) is 5.58. The Hall–Kier alpha value is -2.06. The van der Waals surface area contributed by atoms with E-state index in [9.17, 15) is 19.5 Å². The highest BCUT2D eigenvalue weighted by Gasteiger charge is 2.28. The second-order valence-electron chi connectivity index (χ2n) is 10.5. The Labute approximate surface area is 227 Å². The molecule has 1 aliphatic rings. The van der Waals surface area contributed by atoms with Crippen LogP contribution in [0.2, 0.25) is 0 Å². The van der Waals surface area contributed by atoms with Crippen molar-refractivity contribution in [3.63, 3.8) is 0 Å². The molecule has 208 valence electrons. The summed E-state index contributed by atoms with van der Waals surface area (Å²) in [7, 11) is 0. The molecule has 0 bridgehead atoms. The number of thioether (sulfide) groups is 1. The number of rotatable bonds is 5. The molecule has 1 aromatic rings. The van der Waals surface area contributed by atoms with Gasteiger partial charge >= 0.3 is 0 Å². The Kier molecular flexibility index (Phi) is 15.4. The summed E-state index contributed by atoms with van der Waals surface area (Å²) in [5.74, 6) is 0.492. The Balaban J connectivity index is 2.03. The van der Waals surface area contributed by atoms with E-state index in [2.05, 4.69) is 16.0 Å². The van der Waals surface area contributed by atoms with E-state index in [1.165, 1.54) is 24.8 Å². The minimum atomic E-state index is -1.04. The lowest BCUT2D eigenvalue weighted by molar-refractivity contribution is -0.131. The molecule has 7 nitrogen and oxygen atoms in total. The standard InChI is InChI=1S/C29H47N3O4S/c1-22(2)28-29(36)30-18-14-9-7-5-3-4-6-8-13-17-26(34)31-24(25(33)19-27(35)32-28)21-37-20-23-15-11-10-12-16-23/h10-12,15-16,22,24-25,28,33H,3-9,13-14,17-21H2,1-2H3,(H,30,36)(H,31,34)(H,32,35)/t24-,25-,28-/m0/s1. The number of carbonyl (C=O) groups excluding carboxylic acids is 3. The van der Waals surface area contributed by atoms with Crippen LogP contribution < -0.4 is 16.0 Å². The average molecular weight is 534 g/mol. The van der Waals surface area contributed by atoms with Crippen molar-refractivity contribution in [1.82, 2.24) is 16.0 Å². The molecule has 3 amide bonds. The number of aliphatic hydroxyl groups excluding tert-OH is 1. The van der Waals surface area contributed by atoms with Gasteiger partial charge in [-0.15, -0.1) is 0 Å². The van der Waals surface area contributed by atoms with Crippen LogP contribution in [0.1, 0.15) is 90.0 Å². The van der Waals surface area contributed by atoms with Crippen molar-refractivity contribution in [3.8, 4) is 0 Å². The molecule has 4 N–H and O–H groups in total. The maximum Gasteiger partial charge on any atom is 0.242 e. The number of aliphatic hydroxyl groups is 1. The van der Waals surface area contributed by atoms with E-state index in [4.69, 9.17) is 0 Å².